The second-order valence-electron chi connectivity index (χ2n) is 3.01. The maximum atomic E-state index is 10.5. The second kappa shape index (κ2) is 2.62. The van der Waals surface area contributed by atoms with Gasteiger partial charge in [0.25, 0.3) is 0 Å². The molecule has 0 radical (unpaired) electrons. The summed E-state index contributed by atoms with van der Waals surface area (Å²) in [5.41, 5.74) is 3.35. The Kier molecular flexibility index (Phi) is 2.65. The van der Waals surface area contributed by atoms with Crippen molar-refractivity contribution in [1.29, 1.82) is 0 Å². The zero-order valence-corrected chi connectivity index (χ0v) is 7.35. The third-order valence-corrected chi connectivity index (χ3v) is 3.64. The van der Waals surface area contributed by atoms with E-state index in [4.69, 9.17) is 0 Å². The van der Waals surface area contributed by atoms with Gasteiger partial charge in [-0.2, -0.15) is 0 Å². The number of quaternary nitrogens is 1. The van der Waals surface area contributed by atoms with E-state index in [1.54, 1.807) is 13.8 Å². The van der Waals surface area contributed by atoms with Gasteiger partial charge in [0, 0.05) is 5.92 Å². The van der Waals surface area contributed by atoms with Crippen molar-refractivity contribution in [3.05, 3.63) is 0 Å². The minimum atomic E-state index is -4.54. The van der Waals surface area contributed by atoms with E-state index in [1.165, 1.54) is 6.92 Å². The molecule has 10 heavy (non-hydrogen) atoms. The smallest absolute Gasteiger partial charge is 0.119 e. The minimum Gasteiger partial charge on any atom is -0.806 e. The highest BCUT2D eigenvalue weighted by molar-refractivity contribution is 7.50. The molecule has 0 aliphatic carbocycles. The van der Waals surface area contributed by atoms with Crippen LogP contribution in [0.5, 0.6) is 0 Å². The lowest BCUT2D eigenvalue weighted by atomic mass is 10.1. The monoisotopic (exact) mass is 166 g/mol. The van der Waals surface area contributed by atoms with Crippen molar-refractivity contribution in [3.8, 4) is 0 Å². The lowest BCUT2D eigenvalue weighted by molar-refractivity contribution is -0.481. The van der Waals surface area contributed by atoms with Gasteiger partial charge in [0.1, 0.15) is 5.28 Å². The Morgan fingerprint density at radius 2 is 1.80 bits per heavy atom. The molecule has 0 heterocycles. The molecule has 62 valence electrons. The SMILES string of the molecule is CC(C)[C@](C)([NH3+])P(=O)([O-])[O-]. The average Bonchev–Trinajstić information content (AvgIpc) is 1.62. The second-order valence-corrected chi connectivity index (χ2v) is 5.03. The molecule has 0 fully saturated rings. The molecule has 0 amide bonds. The summed E-state index contributed by atoms with van der Waals surface area (Å²) in [7, 11) is -4.54. The Labute approximate surface area is 60.6 Å². The molecule has 1 atom stereocenters. The summed E-state index contributed by atoms with van der Waals surface area (Å²) in [5, 5.41) is -1.37. The van der Waals surface area contributed by atoms with Crippen LogP contribution in [0.2, 0.25) is 0 Å². The van der Waals surface area contributed by atoms with E-state index in [0.717, 1.165) is 0 Å². The molecule has 3 N–H and O–H groups in total. The first-order chi connectivity index (χ1) is 4.19. The predicted octanol–water partition coefficient (Wildman–Crippen LogP) is -1.49. The molecule has 0 bridgehead atoms. The van der Waals surface area contributed by atoms with Gasteiger partial charge in [-0.05, 0) is 14.5 Å². The highest BCUT2D eigenvalue weighted by Crippen LogP contribution is 2.41. The van der Waals surface area contributed by atoms with Crippen LogP contribution in [0.4, 0.5) is 0 Å². The normalized spacial score (nSPS) is 19.1. The summed E-state index contributed by atoms with van der Waals surface area (Å²) in [4.78, 5) is 21.0. The van der Waals surface area contributed by atoms with Crippen LogP contribution in [0.25, 0.3) is 0 Å². The quantitative estimate of drug-likeness (QED) is 0.507. The van der Waals surface area contributed by atoms with Crippen molar-refractivity contribution in [1.82, 2.24) is 0 Å². The topological polar surface area (TPSA) is 90.8 Å². The van der Waals surface area contributed by atoms with Gasteiger partial charge < -0.3 is 20.1 Å². The number of rotatable bonds is 2. The van der Waals surface area contributed by atoms with Gasteiger partial charge in [0.15, 0.2) is 0 Å². The molecule has 0 aliphatic rings. The van der Waals surface area contributed by atoms with Gasteiger partial charge in [-0.15, -0.1) is 0 Å². The lowest BCUT2D eigenvalue weighted by Gasteiger charge is -2.43. The third-order valence-electron chi connectivity index (χ3n) is 1.87. The van der Waals surface area contributed by atoms with Gasteiger partial charge in [0.05, 0.1) is 0 Å². The fourth-order valence-electron chi connectivity index (χ4n) is 0.316. The first-order valence-corrected chi connectivity index (χ1v) is 4.61. The molecule has 0 aromatic carbocycles. The van der Waals surface area contributed by atoms with Crippen molar-refractivity contribution in [3.63, 3.8) is 0 Å². The van der Waals surface area contributed by atoms with Crippen LogP contribution in [0, 0.1) is 5.92 Å². The molecule has 0 spiro atoms. The van der Waals surface area contributed by atoms with E-state index in [1.807, 2.05) is 0 Å². The van der Waals surface area contributed by atoms with E-state index < -0.39 is 12.9 Å². The number of hydrogen-bond acceptors (Lipinski definition) is 3. The summed E-state index contributed by atoms with van der Waals surface area (Å²) < 4.78 is 10.5. The Balaban J connectivity index is 4.58. The summed E-state index contributed by atoms with van der Waals surface area (Å²) in [6.45, 7) is 4.67. The Hall–Kier alpha value is 0.110. The maximum Gasteiger partial charge on any atom is 0.119 e. The third kappa shape index (κ3) is 1.80. The van der Waals surface area contributed by atoms with Crippen LogP contribution in [0.3, 0.4) is 0 Å². The van der Waals surface area contributed by atoms with E-state index in [9.17, 15) is 14.4 Å². The van der Waals surface area contributed by atoms with Gasteiger partial charge in [-0.3, -0.25) is 0 Å². The van der Waals surface area contributed by atoms with Crippen molar-refractivity contribution >= 4 is 7.60 Å². The van der Waals surface area contributed by atoms with Crippen molar-refractivity contribution < 1.29 is 20.1 Å². The predicted molar refractivity (Wildman–Crippen MR) is 33.7 cm³/mol. The molecule has 0 rings (SSSR count). The molecular weight excluding hydrogens is 153 g/mol. The fraction of sp³-hybridized carbons (Fsp3) is 1.00. The van der Waals surface area contributed by atoms with Crippen molar-refractivity contribution in [2.45, 2.75) is 26.1 Å². The van der Waals surface area contributed by atoms with Gasteiger partial charge in [-0.25, -0.2) is 0 Å². The standard InChI is InChI=1S/C5H14NO3P/c1-4(2)5(3,6)10(7,8)9/h4H,6H2,1-3H3,(H2,7,8,9)/p-1/t5-/m1/s1. The average molecular weight is 166 g/mol. The van der Waals surface area contributed by atoms with Gasteiger partial charge >= 0.3 is 0 Å². The highest BCUT2D eigenvalue weighted by atomic mass is 31.2. The molecule has 0 aliphatic heterocycles. The van der Waals surface area contributed by atoms with E-state index in [2.05, 4.69) is 5.73 Å². The Morgan fingerprint density at radius 3 is 1.80 bits per heavy atom. The lowest BCUT2D eigenvalue weighted by Crippen LogP contribution is -2.75. The van der Waals surface area contributed by atoms with Crippen LogP contribution < -0.4 is 15.5 Å². The fourth-order valence-corrected chi connectivity index (χ4v) is 0.949. The minimum absolute atomic E-state index is 0.242. The maximum absolute atomic E-state index is 10.5. The van der Waals surface area contributed by atoms with Crippen LogP contribution in [-0.2, 0) is 4.57 Å². The summed E-state index contributed by atoms with van der Waals surface area (Å²) in [6.07, 6.45) is 0. The molecule has 0 aromatic heterocycles. The van der Waals surface area contributed by atoms with Crippen LogP contribution in [-0.4, -0.2) is 5.28 Å². The zero-order chi connectivity index (χ0) is 8.58. The first kappa shape index (κ1) is 10.1. The molecule has 0 saturated carbocycles. The number of hydrogen-bond donors (Lipinski definition) is 1. The molecule has 5 heteroatoms. The zero-order valence-electron chi connectivity index (χ0n) is 6.46. The van der Waals surface area contributed by atoms with E-state index >= 15 is 0 Å². The van der Waals surface area contributed by atoms with Gasteiger partial charge in [0.2, 0.25) is 0 Å². The summed E-state index contributed by atoms with van der Waals surface area (Å²) in [6, 6.07) is 0. The van der Waals surface area contributed by atoms with Crippen LogP contribution >= 0.6 is 7.60 Å². The van der Waals surface area contributed by atoms with E-state index in [-0.39, 0.29) is 5.92 Å². The Bertz CT molecular complexity index is 160. The molecule has 4 nitrogen and oxygen atoms in total. The molecule has 0 saturated heterocycles. The largest absolute Gasteiger partial charge is 0.806 e. The van der Waals surface area contributed by atoms with Crippen LogP contribution in [0.1, 0.15) is 20.8 Å². The first-order valence-electron chi connectivity index (χ1n) is 3.07. The van der Waals surface area contributed by atoms with Gasteiger partial charge in [-0.1, -0.05) is 13.8 Å². The summed E-state index contributed by atoms with van der Waals surface area (Å²) in [5.74, 6) is -0.242. The van der Waals surface area contributed by atoms with Crippen molar-refractivity contribution in [2.24, 2.45) is 5.92 Å². The molecular formula is C5H13NO3P-. The van der Waals surface area contributed by atoms with Crippen LogP contribution in [0.15, 0.2) is 0 Å². The van der Waals surface area contributed by atoms with Crippen molar-refractivity contribution in [2.75, 3.05) is 0 Å². The molecule has 0 aromatic rings. The summed E-state index contributed by atoms with van der Waals surface area (Å²) >= 11 is 0. The van der Waals surface area contributed by atoms with E-state index in [0.29, 0.717) is 0 Å². The Morgan fingerprint density at radius 1 is 1.50 bits per heavy atom. The highest BCUT2D eigenvalue weighted by Gasteiger charge is 2.31. The molecule has 0 unspecified atom stereocenters.